The third-order valence-electron chi connectivity index (χ3n) is 3.72. The predicted octanol–water partition coefficient (Wildman–Crippen LogP) is 3.10. The van der Waals surface area contributed by atoms with Gasteiger partial charge in [-0.3, -0.25) is 4.79 Å². The number of nitrogens with zero attached hydrogens (tertiary/aromatic N) is 1. The van der Waals surface area contributed by atoms with E-state index in [-0.39, 0.29) is 5.91 Å². The molecule has 3 rings (SSSR count). The Morgan fingerprint density at radius 1 is 1.37 bits per heavy atom. The van der Waals surface area contributed by atoms with Gasteiger partial charge in [0.1, 0.15) is 0 Å². The Labute approximate surface area is 121 Å². The molecule has 1 aromatic heterocycles. The molecule has 1 aliphatic heterocycles. The number of benzene rings is 1. The molecule has 1 atom stereocenters. The van der Waals surface area contributed by atoms with Gasteiger partial charge >= 0.3 is 0 Å². The number of hydrogen-bond acceptors (Lipinski definition) is 1. The molecular formula is C15H17BrN2O. The fourth-order valence-electron chi connectivity index (χ4n) is 2.74. The lowest BCUT2D eigenvalue weighted by Gasteiger charge is -2.15. The van der Waals surface area contributed by atoms with E-state index in [1.807, 2.05) is 11.0 Å². The van der Waals surface area contributed by atoms with Crippen molar-refractivity contribution in [3.8, 4) is 0 Å². The molecule has 1 unspecified atom stereocenters. The Balaban J connectivity index is 1.59. The number of carbonyl (C=O) groups is 1. The van der Waals surface area contributed by atoms with Crippen LogP contribution >= 0.6 is 15.9 Å². The molecule has 1 aliphatic rings. The number of aromatic amines is 1. The maximum Gasteiger partial charge on any atom is 0.223 e. The smallest absolute Gasteiger partial charge is 0.223 e. The number of fused-ring (bicyclic) bond motifs is 1. The molecule has 1 saturated heterocycles. The number of carbonyl (C=O) groups excluding carboxylic acids is 1. The maximum absolute atomic E-state index is 11.7. The van der Waals surface area contributed by atoms with Crippen LogP contribution in [0.3, 0.4) is 0 Å². The molecule has 1 N–H and O–H groups in total. The van der Waals surface area contributed by atoms with Crippen LogP contribution in [0.2, 0.25) is 0 Å². The lowest BCUT2D eigenvalue weighted by atomic mass is 10.1. The van der Waals surface area contributed by atoms with Gasteiger partial charge in [0.05, 0.1) is 0 Å². The predicted molar refractivity (Wildman–Crippen MR) is 80.5 cm³/mol. The first-order valence-electron chi connectivity index (χ1n) is 6.71. The topological polar surface area (TPSA) is 36.1 Å². The fraction of sp³-hybridized carbons (Fsp3) is 0.400. The van der Waals surface area contributed by atoms with Crippen LogP contribution in [-0.2, 0) is 11.2 Å². The zero-order valence-electron chi connectivity index (χ0n) is 10.7. The number of aromatic nitrogens is 1. The third kappa shape index (κ3) is 2.68. The monoisotopic (exact) mass is 320 g/mol. The van der Waals surface area contributed by atoms with E-state index in [0.717, 1.165) is 25.9 Å². The number of alkyl halides is 1. The molecule has 2 aromatic rings. The minimum absolute atomic E-state index is 0.279. The molecule has 3 nitrogen and oxygen atoms in total. The number of likely N-dealkylation sites (tertiary alicyclic amines) is 1. The average Bonchev–Trinajstić information content (AvgIpc) is 2.94. The van der Waals surface area contributed by atoms with E-state index in [1.165, 1.54) is 16.5 Å². The fourth-order valence-corrected chi connectivity index (χ4v) is 3.37. The van der Waals surface area contributed by atoms with Crippen LogP contribution in [0.25, 0.3) is 10.9 Å². The number of rotatable bonds is 4. The van der Waals surface area contributed by atoms with E-state index >= 15 is 0 Å². The summed E-state index contributed by atoms with van der Waals surface area (Å²) in [6, 6.07) is 8.36. The van der Waals surface area contributed by atoms with Crippen LogP contribution in [0.5, 0.6) is 0 Å². The van der Waals surface area contributed by atoms with E-state index in [2.05, 4.69) is 45.3 Å². The van der Waals surface area contributed by atoms with Gasteiger partial charge in [0.2, 0.25) is 5.91 Å². The van der Waals surface area contributed by atoms with Gasteiger partial charge in [-0.25, -0.2) is 0 Å². The van der Waals surface area contributed by atoms with E-state index in [4.69, 9.17) is 0 Å². The first-order chi connectivity index (χ1) is 9.24. The summed E-state index contributed by atoms with van der Waals surface area (Å²) in [6.45, 7) is 1.72. The third-order valence-corrected chi connectivity index (χ3v) is 4.33. The van der Waals surface area contributed by atoms with Crippen LogP contribution in [0.15, 0.2) is 30.5 Å². The number of nitrogens with one attached hydrogen (secondary N) is 1. The van der Waals surface area contributed by atoms with Gasteiger partial charge in [-0.1, -0.05) is 34.1 Å². The summed E-state index contributed by atoms with van der Waals surface area (Å²) in [5.74, 6) is 0.279. The Morgan fingerprint density at radius 3 is 3.00 bits per heavy atom. The van der Waals surface area contributed by atoms with Crippen molar-refractivity contribution in [1.29, 1.82) is 0 Å². The lowest BCUT2D eigenvalue weighted by molar-refractivity contribution is -0.127. The van der Waals surface area contributed by atoms with Gasteiger partial charge in [-0.05, 0) is 24.5 Å². The second kappa shape index (κ2) is 5.37. The van der Waals surface area contributed by atoms with Crippen LogP contribution in [-0.4, -0.2) is 33.7 Å². The van der Waals surface area contributed by atoms with Gasteiger partial charge in [-0.15, -0.1) is 0 Å². The molecule has 0 aliphatic carbocycles. The van der Waals surface area contributed by atoms with Crippen molar-refractivity contribution in [2.45, 2.75) is 24.1 Å². The first kappa shape index (κ1) is 12.7. The molecule has 1 aromatic carbocycles. The summed E-state index contributed by atoms with van der Waals surface area (Å²) in [5.41, 5.74) is 2.54. The van der Waals surface area contributed by atoms with Gasteiger partial charge < -0.3 is 9.88 Å². The highest BCUT2D eigenvalue weighted by Crippen LogP contribution is 2.21. The molecule has 100 valence electrons. The number of halogens is 1. The molecule has 0 spiro atoms. The Kier molecular flexibility index (Phi) is 3.60. The highest BCUT2D eigenvalue weighted by atomic mass is 79.9. The highest BCUT2D eigenvalue weighted by molar-refractivity contribution is 9.09. The van der Waals surface area contributed by atoms with Crippen LogP contribution in [0.1, 0.15) is 18.4 Å². The summed E-state index contributed by atoms with van der Waals surface area (Å²) in [7, 11) is 0. The normalized spacial score (nSPS) is 19.5. The van der Waals surface area contributed by atoms with E-state index in [9.17, 15) is 4.79 Å². The second-order valence-corrected chi connectivity index (χ2v) is 6.40. The molecule has 1 amide bonds. The molecule has 0 bridgehead atoms. The summed E-state index contributed by atoms with van der Waals surface area (Å²) >= 11 is 3.51. The van der Waals surface area contributed by atoms with Gasteiger partial charge in [-0.2, -0.15) is 0 Å². The second-order valence-electron chi connectivity index (χ2n) is 5.10. The van der Waals surface area contributed by atoms with Crippen molar-refractivity contribution in [2.75, 3.05) is 13.1 Å². The number of amides is 1. The summed E-state index contributed by atoms with van der Waals surface area (Å²) < 4.78 is 0. The molecular weight excluding hydrogens is 304 g/mol. The molecule has 19 heavy (non-hydrogen) atoms. The standard InChI is InChI=1S/C15H17BrN2O/c16-12-8-15(19)18(10-12)7-3-4-11-9-17-14-6-2-1-5-13(11)14/h1-2,5-6,9,12,17H,3-4,7-8,10H2. The van der Waals surface area contributed by atoms with Crippen LogP contribution in [0, 0.1) is 0 Å². The first-order valence-corrected chi connectivity index (χ1v) is 7.62. The lowest BCUT2D eigenvalue weighted by Crippen LogP contribution is -2.26. The van der Waals surface area contributed by atoms with Crippen molar-refractivity contribution in [3.05, 3.63) is 36.0 Å². The van der Waals surface area contributed by atoms with Crippen molar-refractivity contribution in [3.63, 3.8) is 0 Å². The van der Waals surface area contributed by atoms with Gasteiger partial charge in [0, 0.05) is 41.4 Å². The van der Waals surface area contributed by atoms with Gasteiger partial charge in [0.25, 0.3) is 0 Å². The molecule has 2 heterocycles. The molecule has 0 saturated carbocycles. The van der Waals surface area contributed by atoms with Crippen LogP contribution < -0.4 is 0 Å². The number of H-pyrrole nitrogens is 1. The van der Waals surface area contributed by atoms with Crippen molar-refractivity contribution >= 4 is 32.7 Å². The summed E-state index contributed by atoms with van der Waals surface area (Å²) in [5, 5.41) is 1.30. The molecule has 1 fully saturated rings. The number of aryl methyl sites for hydroxylation is 1. The SMILES string of the molecule is O=C1CC(Br)CN1CCCc1c[nH]c2ccccc12. The summed E-state index contributed by atoms with van der Waals surface area (Å²) in [6.07, 6.45) is 4.77. The molecule has 4 heteroatoms. The van der Waals surface area contributed by atoms with Gasteiger partial charge in [0.15, 0.2) is 0 Å². The minimum Gasteiger partial charge on any atom is -0.361 e. The van der Waals surface area contributed by atoms with E-state index in [1.54, 1.807) is 0 Å². The Hall–Kier alpha value is -1.29. The molecule has 0 radical (unpaired) electrons. The highest BCUT2D eigenvalue weighted by Gasteiger charge is 2.26. The van der Waals surface area contributed by atoms with E-state index < -0.39 is 0 Å². The minimum atomic E-state index is 0.279. The number of para-hydroxylation sites is 1. The van der Waals surface area contributed by atoms with Crippen molar-refractivity contribution < 1.29 is 4.79 Å². The largest absolute Gasteiger partial charge is 0.361 e. The van der Waals surface area contributed by atoms with Crippen LogP contribution in [0.4, 0.5) is 0 Å². The Bertz CT molecular complexity index is 593. The maximum atomic E-state index is 11.7. The van der Waals surface area contributed by atoms with Crippen molar-refractivity contribution in [1.82, 2.24) is 9.88 Å². The zero-order valence-corrected chi connectivity index (χ0v) is 12.3. The average molecular weight is 321 g/mol. The quantitative estimate of drug-likeness (QED) is 0.863. The number of hydrogen-bond donors (Lipinski definition) is 1. The van der Waals surface area contributed by atoms with Crippen molar-refractivity contribution in [2.24, 2.45) is 0 Å². The zero-order chi connectivity index (χ0) is 13.2. The van der Waals surface area contributed by atoms with E-state index in [0.29, 0.717) is 11.2 Å². The summed E-state index contributed by atoms with van der Waals surface area (Å²) in [4.78, 5) is 17.3. The Morgan fingerprint density at radius 2 is 2.21 bits per heavy atom.